The maximum atomic E-state index is 12.8. The van der Waals surface area contributed by atoms with Gasteiger partial charge in [0, 0.05) is 12.1 Å². The molecule has 0 bridgehead atoms. The van der Waals surface area contributed by atoms with Crippen molar-refractivity contribution in [3.8, 4) is 11.5 Å². The van der Waals surface area contributed by atoms with Gasteiger partial charge in [0.15, 0.2) is 5.03 Å². The van der Waals surface area contributed by atoms with Gasteiger partial charge in [0.1, 0.15) is 18.0 Å². The van der Waals surface area contributed by atoms with Crippen LogP contribution in [0.15, 0.2) is 69.3 Å². The van der Waals surface area contributed by atoms with Crippen LogP contribution in [0.2, 0.25) is 0 Å². The topological polar surface area (TPSA) is 117 Å². The first kappa shape index (κ1) is 22.0. The van der Waals surface area contributed by atoms with E-state index in [2.05, 4.69) is 10.4 Å². The molecule has 0 unspecified atom stereocenters. The number of aromatic nitrogens is 2. The van der Waals surface area contributed by atoms with Gasteiger partial charge >= 0.3 is 0 Å². The Bertz CT molecular complexity index is 1270. The van der Waals surface area contributed by atoms with E-state index in [-0.39, 0.29) is 9.92 Å². The van der Waals surface area contributed by atoms with Crippen LogP contribution >= 0.6 is 0 Å². The fourth-order valence-electron chi connectivity index (χ4n) is 2.76. The molecule has 9 nitrogen and oxygen atoms in total. The van der Waals surface area contributed by atoms with Crippen molar-refractivity contribution in [1.82, 2.24) is 9.78 Å². The van der Waals surface area contributed by atoms with Gasteiger partial charge in [0.05, 0.1) is 24.8 Å². The van der Waals surface area contributed by atoms with E-state index in [1.54, 1.807) is 30.3 Å². The molecule has 3 aromatic rings. The summed E-state index contributed by atoms with van der Waals surface area (Å²) in [5.74, 6) is 0.300. The van der Waals surface area contributed by atoms with Crippen LogP contribution < -0.4 is 20.3 Å². The van der Waals surface area contributed by atoms with Crippen LogP contribution in [0.1, 0.15) is 5.56 Å². The van der Waals surface area contributed by atoms with Gasteiger partial charge in [0.2, 0.25) is 15.7 Å². The van der Waals surface area contributed by atoms with Crippen molar-refractivity contribution >= 4 is 21.4 Å². The number of methoxy groups -OCH3 is 2. The highest BCUT2D eigenvalue weighted by atomic mass is 32.2. The third-order valence-electron chi connectivity index (χ3n) is 4.42. The normalized spacial score (nSPS) is 11.1. The summed E-state index contributed by atoms with van der Waals surface area (Å²) in [4.78, 5) is 24.7. The number of carbonyl (C=O) groups excluding carboxylic acids is 1. The molecule has 0 atom stereocenters. The zero-order chi connectivity index (χ0) is 22.6. The Hall–Kier alpha value is -3.66. The maximum Gasteiger partial charge on any atom is 0.267 e. The number of hydrogen-bond acceptors (Lipinski definition) is 7. The highest BCUT2D eigenvalue weighted by Gasteiger charge is 2.21. The molecule has 1 amide bonds. The number of aryl methyl sites for hydroxylation is 1. The number of nitrogens with one attached hydrogen (secondary N) is 1. The lowest BCUT2D eigenvalue weighted by atomic mass is 10.2. The van der Waals surface area contributed by atoms with Gasteiger partial charge in [0.25, 0.3) is 5.56 Å². The zero-order valence-corrected chi connectivity index (χ0v) is 18.0. The number of carbonyl (C=O) groups is 1. The Morgan fingerprint density at radius 2 is 1.74 bits per heavy atom. The molecule has 0 saturated heterocycles. The lowest BCUT2D eigenvalue weighted by Gasteiger charge is -2.12. The predicted molar refractivity (Wildman–Crippen MR) is 113 cm³/mol. The Balaban J connectivity index is 1.87. The molecule has 0 aliphatic rings. The van der Waals surface area contributed by atoms with Crippen LogP contribution in [-0.4, -0.2) is 38.3 Å². The molecule has 31 heavy (non-hydrogen) atoms. The van der Waals surface area contributed by atoms with Crippen LogP contribution in [0.25, 0.3) is 0 Å². The van der Waals surface area contributed by atoms with E-state index < -0.39 is 27.8 Å². The van der Waals surface area contributed by atoms with E-state index in [9.17, 15) is 18.0 Å². The molecule has 1 heterocycles. The first-order valence-electron chi connectivity index (χ1n) is 9.16. The summed E-state index contributed by atoms with van der Waals surface area (Å²) in [5.41, 5.74) is 0.625. The molecular weight excluding hydrogens is 422 g/mol. The highest BCUT2D eigenvalue weighted by Crippen LogP contribution is 2.28. The molecule has 10 heteroatoms. The first-order chi connectivity index (χ1) is 14.7. The second-order valence-electron chi connectivity index (χ2n) is 6.60. The molecule has 0 aliphatic heterocycles. The molecule has 1 aromatic heterocycles. The van der Waals surface area contributed by atoms with E-state index in [4.69, 9.17) is 9.47 Å². The van der Waals surface area contributed by atoms with E-state index in [0.717, 1.165) is 22.4 Å². The number of hydrogen-bond donors (Lipinski definition) is 1. The van der Waals surface area contributed by atoms with Gasteiger partial charge < -0.3 is 14.8 Å². The van der Waals surface area contributed by atoms with Crippen molar-refractivity contribution in [2.45, 2.75) is 23.4 Å². The lowest BCUT2D eigenvalue weighted by molar-refractivity contribution is -0.117. The molecule has 0 spiro atoms. The minimum absolute atomic E-state index is 0.0429. The number of benzene rings is 2. The number of anilines is 1. The highest BCUT2D eigenvalue weighted by molar-refractivity contribution is 7.91. The van der Waals surface area contributed by atoms with Gasteiger partial charge in [-0.1, -0.05) is 17.7 Å². The average molecular weight is 443 g/mol. The summed E-state index contributed by atoms with van der Waals surface area (Å²) in [6.07, 6.45) is 0. The number of amides is 1. The maximum absolute atomic E-state index is 12.8. The first-order valence-corrected chi connectivity index (χ1v) is 10.6. The second-order valence-corrected chi connectivity index (χ2v) is 8.49. The summed E-state index contributed by atoms with van der Waals surface area (Å²) >= 11 is 0. The summed E-state index contributed by atoms with van der Waals surface area (Å²) in [6.45, 7) is 1.35. The molecule has 0 saturated carbocycles. The molecule has 0 aliphatic carbocycles. The van der Waals surface area contributed by atoms with Gasteiger partial charge in [-0.25, -0.2) is 13.1 Å². The van der Waals surface area contributed by atoms with E-state index in [1.165, 1.54) is 26.4 Å². The summed E-state index contributed by atoms with van der Waals surface area (Å²) in [7, 11) is -1.02. The van der Waals surface area contributed by atoms with Gasteiger partial charge in [-0.15, -0.1) is 0 Å². The molecular formula is C21H21N3O6S. The number of sulfone groups is 1. The Morgan fingerprint density at radius 1 is 1.03 bits per heavy atom. The Labute approximate surface area is 179 Å². The number of ether oxygens (including phenoxy) is 2. The quantitative estimate of drug-likeness (QED) is 0.594. The second kappa shape index (κ2) is 9.00. The fraction of sp³-hybridized carbons (Fsp3) is 0.190. The van der Waals surface area contributed by atoms with Gasteiger partial charge in [-0.3, -0.25) is 9.59 Å². The summed E-state index contributed by atoms with van der Waals surface area (Å²) in [6, 6.07) is 13.3. The van der Waals surface area contributed by atoms with Crippen LogP contribution in [0.4, 0.5) is 5.69 Å². The largest absolute Gasteiger partial charge is 0.497 e. The van der Waals surface area contributed by atoms with Gasteiger partial charge in [-0.2, -0.15) is 5.10 Å². The predicted octanol–water partition coefficient (Wildman–Crippen LogP) is 2.04. The molecule has 0 fully saturated rings. The van der Waals surface area contributed by atoms with E-state index in [0.29, 0.717) is 17.2 Å². The molecule has 2 aromatic carbocycles. The third-order valence-corrected chi connectivity index (χ3v) is 6.08. The minimum atomic E-state index is -3.95. The molecule has 1 N–H and O–H groups in total. The molecule has 3 rings (SSSR count). The third kappa shape index (κ3) is 4.92. The Morgan fingerprint density at radius 3 is 2.39 bits per heavy atom. The van der Waals surface area contributed by atoms with Crippen molar-refractivity contribution in [1.29, 1.82) is 0 Å². The summed E-state index contributed by atoms with van der Waals surface area (Å²) < 4.78 is 36.8. The Kier molecular flexibility index (Phi) is 6.40. The smallest absolute Gasteiger partial charge is 0.267 e. The minimum Gasteiger partial charge on any atom is -0.497 e. The van der Waals surface area contributed by atoms with Crippen LogP contribution in [0.5, 0.6) is 11.5 Å². The molecule has 0 radical (unpaired) electrons. The fourth-order valence-corrected chi connectivity index (χ4v) is 3.95. The van der Waals surface area contributed by atoms with Crippen molar-refractivity contribution in [2.75, 3.05) is 19.5 Å². The average Bonchev–Trinajstić information content (AvgIpc) is 2.75. The number of rotatable bonds is 7. The van der Waals surface area contributed by atoms with Crippen molar-refractivity contribution in [2.24, 2.45) is 0 Å². The van der Waals surface area contributed by atoms with Crippen LogP contribution in [0, 0.1) is 6.92 Å². The van der Waals surface area contributed by atoms with Crippen molar-refractivity contribution < 1.29 is 22.7 Å². The lowest BCUT2D eigenvalue weighted by Crippen LogP contribution is -2.30. The SMILES string of the molecule is COc1ccc(OC)c(NC(=O)Cn2nc(S(=O)(=O)c3ccc(C)cc3)ccc2=O)c1. The summed E-state index contributed by atoms with van der Waals surface area (Å²) in [5, 5.41) is 6.18. The number of nitrogens with zero attached hydrogens (tertiary/aromatic N) is 2. The van der Waals surface area contributed by atoms with E-state index in [1.807, 2.05) is 6.92 Å². The van der Waals surface area contributed by atoms with Crippen molar-refractivity contribution in [3.63, 3.8) is 0 Å². The zero-order valence-electron chi connectivity index (χ0n) is 17.2. The monoisotopic (exact) mass is 443 g/mol. The van der Waals surface area contributed by atoms with Crippen LogP contribution in [-0.2, 0) is 21.2 Å². The van der Waals surface area contributed by atoms with Gasteiger partial charge in [-0.05, 0) is 37.3 Å². The van der Waals surface area contributed by atoms with Crippen LogP contribution in [0.3, 0.4) is 0 Å². The van der Waals surface area contributed by atoms with E-state index >= 15 is 0 Å². The van der Waals surface area contributed by atoms with Crippen molar-refractivity contribution in [3.05, 3.63) is 70.5 Å². The standard InChI is InChI=1S/C21H21N3O6S/c1-14-4-7-16(8-5-14)31(27,28)20-10-11-21(26)24(23-20)13-19(25)22-17-12-15(29-2)6-9-18(17)30-3/h4-12H,13H2,1-3H3,(H,22,25). The molecule has 162 valence electrons.